The number of aryl methyl sites for hydroxylation is 1. The van der Waals surface area contributed by atoms with Gasteiger partial charge in [-0.2, -0.15) is 0 Å². The van der Waals surface area contributed by atoms with Crippen molar-refractivity contribution in [2.24, 2.45) is 0 Å². The Kier molecular flexibility index (Phi) is 2.20. The minimum absolute atomic E-state index is 0.259. The summed E-state index contributed by atoms with van der Waals surface area (Å²) in [5.74, 6) is 0.259. The molecule has 0 heterocycles. The fraction of sp³-hybridized carbons (Fsp3) is 0.455. The maximum absolute atomic E-state index is 9.74. The topological polar surface area (TPSA) is 40.5 Å². The van der Waals surface area contributed by atoms with Gasteiger partial charge in [0.05, 0.1) is 5.60 Å². The van der Waals surface area contributed by atoms with Crippen LogP contribution in [0.15, 0.2) is 12.1 Å². The second-order valence-corrected chi connectivity index (χ2v) is 4.57. The van der Waals surface area contributed by atoms with Gasteiger partial charge in [-0.25, -0.2) is 0 Å². The van der Waals surface area contributed by atoms with Crippen molar-refractivity contribution in [3.05, 3.63) is 28.3 Å². The monoisotopic (exact) mass is 212 g/mol. The first-order chi connectivity index (χ1) is 6.50. The lowest BCUT2D eigenvalue weighted by atomic mass is 10.0. The molecule has 0 unspecified atom stereocenters. The van der Waals surface area contributed by atoms with E-state index in [0.29, 0.717) is 11.4 Å². The molecule has 0 atom stereocenters. The van der Waals surface area contributed by atoms with Crippen LogP contribution < -0.4 is 0 Å². The third kappa shape index (κ3) is 1.86. The summed E-state index contributed by atoms with van der Waals surface area (Å²) >= 11 is 5.88. The van der Waals surface area contributed by atoms with Gasteiger partial charge in [0.2, 0.25) is 0 Å². The molecule has 0 radical (unpaired) electrons. The molecule has 1 fully saturated rings. The predicted octanol–water partition coefficient (Wildman–Crippen LogP) is 2.42. The Hall–Kier alpha value is -0.730. The van der Waals surface area contributed by atoms with E-state index in [-0.39, 0.29) is 5.75 Å². The number of aliphatic hydroxyl groups is 1. The Morgan fingerprint density at radius 2 is 2.07 bits per heavy atom. The van der Waals surface area contributed by atoms with Crippen LogP contribution in [0.4, 0.5) is 0 Å². The van der Waals surface area contributed by atoms with E-state index in [1.807, 2.05) is 6.92 Å². The van der Waals surface area contributed by atoms with E-state index in [1.165, 1.54) is 0 Å². The standard InChI is InChI=1S/C11H13ClO2/c1-7-4-9(12)5-8(10(7)13)6-11(14)2-3-11/h4-5,13-14H,2-3,6H2,1H3. The summed E-state index contributed by atoms with van der Waals surface area (Å²) in [5.41, 5.74) is 0.918. The van der Waals surface area contributed by atoms with E-state index in [4.69, 9.17) is 11.6 Å². The van der Waals surface area contributed by atoms with E-state index in [2.05, 4.69) is 0 Å². The fourth-order valence-corrected chi connectivity index (χ4v) is 1.91. The zero-order chi connectivity index (χ0) is 10.3. The molecule has 0 aromatic heterocycles. The van der Waals surface area contributed by atoms with E-state index < -0.39 is 5.60 Å². The maximum atomic E-state index is 9.74. The number of phenols is 1. The second-order valence-electron chi connectivity index (χ2n) is 4.13. The summed E-state index contributed by atoms with van der Waals surface area (Å²) in [6, 6.07) is 3.44. The Morgan fingerprint density at radius 1 is 1.43 bits per heavy atom. The molecule has 0 aliphatic heterocycles. The molecule has 3 heteroatoms. The van der Waals surface area contributed by atoms with Crippen LogP contribution in [0.25, 0.3) is 0 Å². The molecule has 1 aromatic carbocycles. The van der Waals surface area contributed by atoms with Crippen LogP contribution in [0.3, 0.4) is 0 Å². The van der Waals surface area contributed by atoms with Crippen molar-refractivity contribution in [1.29, 1.82) is 0 Å². The molecule has 1 aliphatic carbocycles. The summed E-state index contributed by atoms with van der Waals surface area (Å²) in [5, 5.41) is 20.1. The van der Waals surface area contributed by atoms with Crippen molar-refractivity contribution in [2.45, 2.75) is 31.8 Å². The van der Waals surface area contributed by atoms with Gasteiger partial charge in [0, 0.05) is 11.4 Å². The highest BCUT2D eigenvalue weighted by Gasteiger charge is 2.40. The number of phenolic OH excluding ortho intramolecular Hbond substituents is 1. The molecule has 1 aliphatic rings. The lowest BCUT2D eigenvalue weighted by Crippen LogP contribution is -2.10. The molecule has 1 aromatic rings. The van der Waals surface area contributed by atoms with Gasteiger partial charge in [-0.15, -0.1) is 0 Å². The van der Waals surface area contributed by atoms with Crippen LogP contribution in [0.1, 0.15) is 24.0 Å². The van der Waals surface area contributed by atoms with Gasteiger partial charge in [0.15, 0.2) is 0 Å². The molecule has 1 saturated carbocycles. The average Bonchev–Trinajstić information content (AvgIpc) is 2.79. The van der Waals surface area contributed by atoms with Gasteiger partial charge in [-0.1, -0.05) is 11.6 Å². The Bertz CT molecular complexity index is 370. The van der Waals surface area contributed by atoms with Crippen LogP contribution in [0.2, 0.25) is 5.02 Å². The number of hydrogen-bond acceptors (Lipinski definition) is 2. The van der Waals surface area contributed by atoms with Crippen LogP contribution in [-0.2, 0) is 6.42 Å². The van der Waals surface area contributed by atoms with E-state index in [0.717, 1.165) is 24.0 Å². The van der Waals surface area contributed by atoms with Crippen molar-refractivity contribution in [3.8, 4) is 5.75 Å². The second kappa shape index (κ2) is 3.14. The number of rotatable bonds is 2. The molecule has 76 valence electrons. The molecule has 2 N–H and O–H groups in total. The van der Waals surface area contributed by atoms with Crippen LogP contribution in [-0.4, -0.2) is 15.8 Å². The number of benzene rings is 1. The molecular weight excluding hydrogens is 200 g/mol. The molecule has 0 saturated heterocycles. The lowest BCUT2D eigenvalue weighted by Gasteiger charge is -2.11. The number of aromatic hydroxyl groups is 1. The first kappa shape index (κ1) is 9.81. The largest absolute Gasteiger partial charge is 0.507 e. The molecule has 0 amide bonds. The highest BCUT2D eigenvalue weighted by molar-refractivity contribution is 6.30. The van der Waals surface area contributed by atoms with Gasteiger partial charge in [0.25, 0.3) is 0 Å². The van der Waals surface area contributed by atoms with Gasteiger partial charge >= 0.3 is 0 Å². The first-order valence-electron chi connectivity index (χ1n) is 4.71. The van der Waals surface area contributed by atoms with Crippen LogP contribution in [0, 0.1) is 6.92 Å². The quantitative estimate of drug-likeness (QED) is 0.791. The zero-order valence-corrected chi connectivity index (χ0v) is 8.80. The lowest BCUT2D eigenvalue weighted by molar-refractivity contribution is 0.150. The Balaban J connectivity index is 2.32. The van der Waals surface area contributed by atoms with Crippen molar-refractivity contribution >= 4 is 11.6 Å². The Morgan fingerprint density at radius 3 is 2.64 bits per heavy atom. The number of halogens is 1. The highest BCUT2D eigenvalue weighted by Crippen LogP contribution is 2.41. The maximum Gasteiger partial charge on any atom is 0.121 e. The van der Waals surface area contributed by atoms with E-state index in [9.17, 15) is 10.2 Å². The van der Waals surface area contributed by atoms with Crippen LogP contribution in [0.5, 0.6) is 5.75 Å². The molecule has 0 spiro atoms. The van der Waals surface area contributed by atoms with Crippen LogP contribution >= 0.6 is 11.6 Å². The van der Waals surface area contributed by atoms with E-state index >= 15 is 0 Å². The molecule has 14 heavy (non-hydrogen) atoms. The molecule has 0 bridgehead atoms. The molecular formula is C11H13ClO2. The summed E-state index contributed by atoms with van der Waals surface area (Å²) in [4.78, 5) is 0. The van der Waals surface area contributed by atoms with Crippen molar-refractivity contribution in [2.75, 3.05) is 0 Å². The number of hydrogen-bond donors (Lipinski definition) is 2. The highest BCUT2D eigenvalue weighted by atomic mass is 35.5. The third-order valence-corrected chi connectivity index (χ3v) is 2.91. The summed E-state index contributed by atoms with van der Waals surface area (Å²) in [6.07, 6.45) is 2.14. The SMILES string of the molecule is Cc1cc(Cl)cc(CC2(O)CC2)c1O. The van der Waals surface area contributed by atoms with E-state index in [1.54, 1.807) is 12.1 Å². The zero-order valence-electron chi connectivity index (χ0n) is 8.05. The third-order valence-electron chi connectivity index (χ3n) is 2.69. The minimum atomic E-state index is -0.589. The van der Waals surface area contributed by atoms with Gasteiger partial charge < -0.3 is 10.2 Å². The molecule has 2 rings (SSSR count). The predicted molar refractivity (Wildman–Crippen MR) is 55.7 cm³/mol. The Labute approximate surface area is 88.1 Å². The normalized spacial score (nSPS) is 18.2. The summed E-state index contributed by atoms with van der Waals surface area (Å²) in [7, 11) is 0. The smallest absolute Gasteiger partial charge is 0.121 e. The summed E-state index contributed by atoms with van der Waals surface area (Å²) in [6.45, 7) is 1.81. The van der Waals surface area contributed by atoms with Crippen molar-refractivity contribution in [1.82, 2.24) is 0 Å². The summed E-state index contributed by atoms with van der Waals surface area (Å²) < 4.78 is 0. The van der Waals surface area contributed by atoms with Crippen molar-refractivity contribution in [3.63, 3.8) is 0 Å². The first-order valence-corrected chi connectivity index (χ1v) is 5.08. The molecule has 2 nitrogen and oxygen atoms in total. The minimum Gasteiger partial charge on any atom is -0.507 e. The van der Waals surface area contributed by atoms with Crippen molar-refractivity contribution < 1.29 is 10.2 Å². The fourth-order valence-electron chi connectivity index (χ4n) is 1.62. The average molecular weight is 213 g/mol. The van der Waals surface area contributed by atoms with Gasteiger partial charge in [-0.05, 0) is 43.0 Å². The van der Waals surface area contributed by atoms with Gasteiger partial charge in [-0.3, -0.25) is 0 Å². The van der Waals surface area contributed by atoms with Gasteiger partial charge in [0.1, 0.15) is 5.75 Å².